The molecular weight excluding hydrogens is 328 g/mol. The minimum atomic E-state index is 0.656. The molecule has 0 saturated heterocycles. The van der Waals surface area contributed by atoms with E-state index in [1.54, 1.807) is 0 Å². The van der Waals surface area contributed by atoms with Crippen molar-refractivity contribution in [3.8, 4) is 5.75 Å². The van der Waals surface area contributed by atoms with Gasteiger partial charge in [-0.15, -0.1) is 0 Å². The topological polar surface area (TPSA) is 9.23 Å². The van der Waals surface area contributed by atoms with Crippen LogP contribution in [0.3, 0.4) is 0 Å². The molecule has 1 unspecified atom stereocenters. The number of allylic oxidation sites excluding steroid dienone is 1. The van der Waals surface area contributed by atoms with Crippen LogP contribution < -0.4 is 4.74 Å². The smallest absolute Gasteiger partial charge is 0.119 e. The molecule has 1 aliphatic rings. The Bertz CT molecular complexity index is 726. The summed E-state index contributed by atoms with van der Waals surface area (Å²) < 4.78 is 5.89. The fourth-order valence-corrected chi connectivity index (χ4v) is 4.05. The maximum absolute atomic E-state index is 5.89. The Kier molecular flexibility index (Phi) is 7.56. The monoisotopic (exact) mass is 362 g/mol. The molecule has 0 amide bonds. The first-order valence-corrected chi connectivity index (χ1v) is 10.7. The summed E-state index contributed by atoms with van der Waals surface area (Å²) in [7, 11) is 0. The normalized spacial score (nSPS) is 16.4. The van der Waals surface area contributed by atoms with Crippen molar-refractivity contribution in [3.05, 3.63) is 76.9 Å². The van der Waals surface area contributed by atoms with Crippen molar-refractivity contribution >= 4 is 0 Å². The van der Waals surface area contributed by atoms with E-state index >= 15 is 0 Å². The van der Waals surface area contributed by atoms with Gasteiger partial charge in [0.15, 0.2) is 0 Å². The zero-order chi connectivity index (χ0) is 18.9. The van der Waals surface area contributed by atoms with Gasteiger partial charge in [-0.1, -0.05) is 62.2 Å². The number of hydrogen-bond donors (Lipinski definition) is 0. The largest absolute Gasteiger partial charge is 0.493 e. The number of rotatable bonds is 9. The van der Waals surface area contributed by atoms with Crippen LogP contribution in [0.15, 0.2) is 54.6 Å². The van der Waals surface area contributed by atoms with E-state index in [1.165, 1.54) is 54.4 Å². The number of benzene rings is 2. The third-order valence-electron chi connectivity index (χ3n) is 5.72. The second kappa shape index (κ2) is 10.3. The van der Waals surface area contributed by atoms with Crippen molar-refractivity contribution in [1.82, 2.24) is 0 Å². The van der Waals surface area contributed by atoms with Crippen LogP contribution in [-0.4, -0.2) is 6.61 Å². The molecule has 0 aromatic heterocycles. The molecule has 1 heteroatoms. The molecule has 2 aromatic carbocycles. The lowest BCUT2D eigenvalue weighted by molar-refractivity contribution is 0.324. The first kappa shape index (κ1) is 19.7. The lowest BCUT2D eigenvalue weighted by Gasteiger charge is -2.25. The maximum Gasteiger partial charge on any atom is 0.119 e. The zero-order valence-electron chi connectivity index (χ0n) is 17.0. The van der Waals surface area contributed by atoms with Crippen LogP contribution in [0.25, 0.3) is 0 Å². The summed E-state index contributed by atoms with van der Waals surface area (Å²) in [4.78, 5) is 0. The number of aryl methyl sites for hydroxylation is 2. The third kappa shape index (κ3) is 5.73. The summed E-state index contributed by atoms with van der Waals surface area (Å²) in [6.45, 7) is 5.08. The van der Waals surface area contributed by atoms with Crippen LogP contribution in [0.2, 0.25) is 0 Å². The van der Waals surface area contributed by atoms with Crippen molar-refractivity contribution in [2.45, 2.75) is 71.1 Å². The molecule has 0 spiro atoms. The molecule has 0 N–H and O–H groups in total. The predicted octanol–water partition coefficient (Wildman–Crippen LogP) is 7.04. The second-order valence-electron chi connectivity index (χ2n) is 7.78. The van der Waals surface area contributed by atoms with Crippen molar-refractivity contribution < 1.29 is 4.74 Å². The molecule has 3 rings (SSSR count). The second-order valence-corrected chi connectivity index (χ2v) is 7.78. The SMILES string of the molecule is CC=CCCOc1ccc2c(c1)CCC(c1ccc(CCCCC)cc1)C2. The third-order valence-corrected chi connectivity index (χ3v) is 5.72. The quantitative estimate of drug-likeness (QED) is 0.343. The fraction of sp³-hybridized carbons (Fsp3) is 0.462. The molecular formula is C26H34O. The van der Waals surface area contributed by atoms with Gasteiger partial charge in [-0.25, -0.2) is 0 Å². The van der Waals surface area contributed by atoms with Gasteiger partial charge in [-0.05, 0) is 85.8 Å². The lowest BCUT2D eigenvalue weighted by atomic mass is 9.80. The van der Waals surface area contributed by atoms with Crippen LogP contribution in [0.1, 0.15) is 74.1 Å². The van der Waals surface area contributed by atoms with Gasteiger partial charge in [-0.3, -0.25) is 0 Å². The summed E-state index contributed by atoms with van der Waals surface area (Å²) in [6, 6.07) is 16.1. The van der Waals surface area contributed by atoms with Gasteiger partial charge in [0.1, 0.15) is 5.75 Å². The summed E-state index contributed by atoms with van der Waals surface area (Å²) in [5.41, 5.74) is 5.97. The highest BCUT2D eigenvalue weighted by Gasteiger charge is 2.20. The van der Waals surface area contributed by atoms with Crippen LogP contribution in [0.4, 0.5) is 0 Å². The van der Waals surface area contributed by atoms with Crippen LogP contribution >= 0.6 is 0 Å². The number of hydrogen-bond acceptors (Lipinski definition) is 1. The van der Waals surface area contributed by atoms with Gasteiger partial charge < -0.3 is 4.74 Å². The molecule has 0 radical (unpaired) electrons. The summed E-state index contributed by atoms with van der Waals surface area (Å²) in [6.07, 6.45) is 13.9. The average Bonchev–Trinajstić information content (AvgIpc) is 2.71. The Labute approximate surface area is 165 Å². The molecule has 1 aliphatic carbocycles. The molecule has 1 nitrogen and oxygen atoms in total. The molecule has 0 saturated carbocycles. The Morgan fingerprint density at radius 2 is 1.89 bits per heavy atom. The van der Waals surface area contributed by atoms with Gasteiger partial charge in [0.05, 0.1) is 6.61 Å². The van der Waals surface area contributed by atoms with Crippen molar-refractivity contribution in [2.75, 3.05) is 6.61 Å². The van der Waals surface area contributed by atoms with E-state index in [9.17, 15) is 0 Å². The van der Waals surface area contributed by atoms with Gasteiger partial charge >= 0.3 is 0 Å². The first-order valence-electron chi connectivity index (χ1n) is 10.7. The van der Waals surface area contributed by atoms with Gasteiger partial charge in [0.2, 0.25) is 0 Å². The first-order chi connectivity index (χ1) is 13.3. The highest BCUT2D eigenvalue weighted by molar-refractivity contribution is 5.40. The van der Waals surface area contributed by atoms with Crippen molar-refractivity contribution in [2.24, 2.45) is 0 Å². The number of fused-ring (bicyclic) bond motifs is 1. The molecule has 0 fully saturated rings. The molecule has 0 bridgehead atoms. The summed E-state index contributed by atoms with van der Waals surface area (Å²) >= 11 is 0. The molecule has 0 heterocycles. The van der Waals surface area contributed by atoms with E-state index in [1.807, 2.05) is 0 Å². The molecule has 0 aliphatic heterocycles. The summed E-state index contributed by atoms with van der Waals surface area (Å²) in [5.74, 6) is 1.68. The van der Waals surface area contributed by atoms with Crippen LogP contribution in [-0.2, 0) is 19.3 Å². The standard InChI is InChI=1S/C26H34O/c1-3-5-7-9-21-10-12-22(13-11-21)23-14-15-25-20-26(17-16-24(25)19-23)27-18-8-6-4-2/h4,6,10-13,16-17,20,23H,3,5,7-9,14-15,18-19H2,1-2H3. The number of unbranched alkanes of at least 4 members (excludes halogenated alkanes) is 2. The Morgan fingerprint density at radius 3 is 2.67 bits per heavy atom. The van der Waals surface area contributed by atoms with Crippen molar-refractivity contribution in [1.29, 1.82) is 0 Å². The van der Waals surface area contributed by atoms with E-state index < -0.39 is 0 Å². The van der Waals surface area contributed by atoms with E-state index in [2.05, 4.69) is 68.5 Å². The zero-order valence-corrected chi connectivity index (χ0v) is 17.0. The minimum absolute atomic E-state index is 0.656. The molecule has 144 valence electrons. The average molecular weight is 363 g/mol. The van der Waals surface area contributed by atoms with Gasteiger partial charge in [-0.2, -0.15) is 0 Å². The predicted molar refractivity (Wildman–Crippen MR) is 116 cm³/mol. The molecule has 1 atom stereocenters. The summed E-state index contributed by atoms with van der Waals surface area (Å²) in [5, 5.41) is 0. The fourth-order valence-electron chi connectivity index (χ4n) is 4.05. The Morgan fingerprint density at radius 1 is 1.04 bits per heavy atom. The van der Waals surface area contributed by atoms with Gasteiger partial charge in [0.25, 0.3) is 0 Å². The van der Waals surface area contributed by atoms with E-state index in [4.69, 9.17) is 4.74 Å². The van der Waals surface area contributed by atoms with Crippen LogP contribution in [0.5, 0.6) is 5.75 Å². The highest BCUT2D eigenvalue weighted by Crippen LogP contribution is 2.34. The Balaban J connectivity index is 1.57. The van der Waals surface area contributed by atoms with E-state index in [0.717, 1.165) is 31.6 Å². The molecule has 27 heavy (non-hydrogen) atoms. The Hall–Kier alpha value is -2.02. The lowest BCUT2D eigenvalue weighted by Crippen LogP contribution is -2.13. The molecule has 2 aromatic rings. The van der Waals surface area contributed by atoms with Crippen molar-refractivity contribution in [3.63, 3.8) is 0 Å². The van der Waals surface area contributed by atoms with Gasteiger partial charge in [0, 0.05) is 0 Å². The maximum atomic E-state index is 5.89. The number of ether oxygens (including phenoxy) is 1. The van der Waals surface area contributed by atoms with E-state index in [0.29, 0.717) is 5.92 Å². The van der Waals surface area contributed by atoms with Crippen LogP contribution in [0, 0.1) is 0 Å². The van der Waals surface area contributed by atoms with E-state index in [-0.39, 0.29) is 0 Å². The minimum Gasteiger partial charge on any atom is -0.493 e. The highest BCUT2D eigenvalue weighted by atomic mass is 16.5.